The molecule has 1 aromatic heterocycles. The molecule has 1 aromatic rings. The summed E-state index contributed by atoms with van der Waals surface area (Å²) in [7, 11) is 0. The SMILES string of the molecule is Cl.O=C(Cl)C=Cc1cccnc1. The van der Waals surface area contributed by atoms with E-state index in [0.717, 1.165) is 5.56 Å². The van der Waals surface area contributed by atoms with Crippen LogP contribution in [-0.2, 0) is 4.79 Å². The Bertz CT molecular complexity index is 272. The maximum absolute atomic E-state index is 10.3. The first-order valence-electron chi connectivity index (χ1n) is 3.06. The van der Waals surface area contributed by atoms with Gasteiger partial charge in [0.15, 0.2) is 0 Å². The molecular weight excluding hydrogens is 197 g/mol. The molecule has 0 aliphatic heterocycles. The van der Waals surface area contributed by atoms with E-state index in [2.05, 4.69) is 4.98 Å². The van der Waals surface area contributed by atoms with E-state index in [1.54, 1.807) is 24.5 Å². The molecule has 0 amide bonds. The maximum Gasteiger partial charge on any atom is 0.245 e. The van der Waals surface area contributed by atoms with Gasteiger partial charge in [0.1, 0.15) is 0 Å². The van der Waals surface area contributed by atoms with Crippen LogP contribution in [0.3, 0.4) is 0 Å². The highest BCUT2D eigenvalue weighted by Crippen LogP contribution is 1.98. The van der Waals surface area contributed by atoms with Crippen LogP contribution in [-0.4, -0.2) is 10.2 Å². The molecule has 0 atom stereocenters. The van der Waals surface area contributed by atoms with Gasteiger partial charge in [-0.15, -0.1) is 12.4 Å². The lowest BCUT2D eigenvalue weighted by Gasteiger charge is -1.87. The second-order valence-electron chi connectivity index (χ2n) is 1.92. The molecule has 0 fully saturated rings. The minimum atomic E-state index is -0.478. The molecule has 0 spiro atoms. The summed E-state index contributed by atoms with van der Waals surface area (Å²) in [5, 5.41) is -0.478. The number of aromatic nitrogens is 1. The average molecular weight is 204 g/mol. The number of hydrogen-bond acceptors (Lipinski definition) is 2. The minimum Gasteiger partial charge on any atom is -0.276 e. The quantitative estimate of drug-likeness (QED) is 0.546. The van der Waals surface area contributed by atoms with Gasteiger partial charge in [-0.3, -0.25) is 9.78 Å². The van der Waals surface area contributed by atoms with Crippen molar-refractivity contribution in [3.63, 3.8) is 0 Å². The predicted octanol–water partition coefficient (Wildman–Crippen LogP) is 2.28. The number of nitrogens with zero attached hydrogens (tertiary/aromatic N) is 1. The van der Waals surface area contributed by atoms with E-state index >= 15 is 0 Å². The van der Waals surface area contributed by atoms with E-state index in [-0.39, 0.29) is 12.4 Å². The highest BCUT2D eigenvalue weighted by atomic mass is 35.5. The van der Waals surface area contributed by atoms with Crippen LogP contribution in [0.25, 0.3) is 6.08 Å². The fourth-order valence-corrected chi connectivity index (χ4v) is 0.699. The number of hydrogen-bond donors (Lipinski definition) is 0. The van der Waals surface area contributed by atoms with Crippen molar-refractivity contribution >= 4 is 35.3 Å². The van der Waals surface area contributed by atoms with Crippen molar-refractivity contribution in [2.45, 2.75) is 0 Å². The fraction of sp³-hybridized carbons (Fsp3) is 0. The van der Waals surface area contributed by atoms with Crippen LogP contribution >= 0.6 is 24.0 Å². The Kier molecular flexibility index (Phi) is 5.34. The molecule has 12 heavy (non-hydrogen) atoms. The molecule has 0 saturated heterocycles. The summed E-state index contributed by atoms with van der Waals surface area (Å²) in [5.74, 6) is 0. The number of rotatable bonds is 2. The van der Waals surface area contributed by atoms with Gasteiger partial charge in [-0.1, -0.05) is 6.07 Å². The van der Waals surface area contributed by atoms with Gasteiger partial charge in [-0.05, 0) is 35.4 Å². The number of allylic oxidation sites excluding steroid dienone is 1. The molecule has 64 valence electrons. The molecule has 1 rings (SSSR count). The fourth-order valence-electron chi connectivity index (χ4n) is 0.636. The van der Waals surface area contributed by atoms with Crippen molar-refractivity contribution in [3.8, 4) is 0 Å². The van der Waals surface area contributed by atoms with E-state index in [9.17, 15) is 4.79 Å². The first-order chi connectivity index (χ1) is 5.29. The highest BCUT2D eigenvalue weighted by Gasteiger charge is 1.86. The lowest BCUT2D eigenvalue weighted by molar-refractivity contribution is -0.107. The summed E-state index contributed by atoms with van der Waals surface area (Å²) in [6.45, 7) is 0. The lowest BCUT2D eigenvalue weighted by Crippen LogP contribution is -1.77. The summed E-state index contributed by atoms with van der Waals surface area (Å²) < 4.78 is 0. The molecule has 0 aliphatic carbocycles. The summed E-state index contributed by atoms with van der Waals surface area (Å²) in [4.78, 5) is 14.1. The second-order valence-corrected chi connectivity index (χ2v) is 2.30. The summed E-state index contributed by atoms with van der Waals surface area (Å²) in [6.07, 6.45) is 6.22. The number of pyridine rings is 1. The molecular formula is C8H7Cl2NO. The highest BCUT2D eigenvalue weighted by molar-refractivity contribution is 6.66. The van der Waals surface area contributed by atoms with Crippen molar-refractivity contribution in [2.24, 2.45) is 0 Å². The van der Waals surface area contributed by atoms with E-state index in [1.807, 2.05) is 6.07 Å². The monoisotopic (exact) mass is 203 g/mol. The molecule has 0 unspecified atom stereocenters. The largest absolute Gasteiger partial charge is 0.276 e. The topological polar surface area (TPSA) is 30.0 Å². The van der Waals surface area contributed by atoms with Crippen LogP contribution in [0.15, 0.2) is 30.6 Å². The first kappa shape index (κ1) is 11.1. The second kappa shape index (κ2) is 5.75. The van der Waals surface area contributed by atoms with Gasteiger partial charge in [-0.25, -0.2) is 0 Å². The van der Waals surface area contributed by atoms with Gasteiger partial charge in [0.05, 0.1) is 0 Å². The predicted molar refractivity (Wildman–Crippen MR) is 51.4 cm³/mol. The van der Waals surface area contributed by atoms with E-state index < -0.39 is 5.24 Å². The molecule has 0 N–H and O–H groups in total. The van der Waals surface area contributed by atoms with Gasteiger partial charge < -0.3 is 0 Å². The molecule has 0 aromatic carbocycles. The van der Waals surface area contributed by atoms with E-state index in [4.69, 9.17) is 11.6 Å². The molecule has 0 aliphatic rings. The van der Waals surface area contributed by atoms with Gasteiger partial charge in [0.25, 0.3) is 0 Å². The zero-order chi connectivity index (χ0) is 8.10. The number of halogens is 2. The van der Waals surface area contributed by atoms with Gasteiger partial charge >= 0.3 is 0 Å². The van der Waals surface area contributed by atoms with Crippen LogP contribution in [0.5, 0.6) is 0 Å². The Morgan fingerprint density at radius 2 is 2.33 bits per heavy atom. The average Bonchev–Trinajstić information content (AvgIpc) is 2.03. The van der Waals surface area contributed by atoms with Crippen molar-refractivity contribution < 1.29 is 4.79 Å². The number of carbonyl (C=O) groups is 1. The Labute approximate surface area is 81.7 Å². The third kappa shape index (κ3) is 4.11. The van der Waals surface area contributed by atoms with E-state index in [0.29, 0.717) is 0 Å². The summed E-state index contributed by atoms with van der Waals surface area (Å²) in [6, 6.07) is 3.63. The zero-order valence-corrected chi connectivity index (χ0v) is 7.68. The molecule has 0 radical (unpaired) electrons. The van der Waals surface area contributed by atoms with Gasteiger partial charge in [-0.2, -0.15) is 0 Å². The summed E-state index contributed by atoms with van der Waals surface area (Å²) >= 11 is 5.08. The first-order valence-corrected chi connectivity index (χ1v) is 3.44. The lowest BCUT2D eigenvalue weighted by atomic mass is 10.3. The summed E-state index contributed by atoms with van der Waals surface area (Å²) in [5.41, 5.74) is 0.863. The maximum atomic E-state index is 10.3. The molecule has 4 heteroatoms. The van der Waals surface area contributed by atoms with Crippen LogP contribution < -0.4 is 0 Å². The third-order valence-electron chi connectivity index (χ3n) is 1.09. The van der Waals surface area contributed by atoms with Crippen molar-refractivity contribution in [1.29, 1.82) is 0 Å². The minimum absolute atomic E-state index is 0. The van der Waals surface area contributed by atoms with Gasteiger partial charge in [0.2, 0.25) is 5.24 Å². The molecule has 2 nitrogen and oxygen atoms in total. The number of carbonyl (C=O) groups excluding carboxylic acids is 1. The Balaban J connectivity index is 0.00000121. The Morgan fingerprint density at radius 3 is 2.83 bits per heavy atom. The normalized spacial score (nSPS) is 9.42. The van der Waals surface area contributed by atoms with Crippen LogP contribution in [0.4, 0.5) is 0 Å². The van der Waals surface area contributed by atoms with E-state index in [1.165, 1.54) is 6.08 Å². The Morgan fingerprint density at radius 1 is 1.58 bits per heavy atom. The van der Waals surface area contributed by atoms with Crippen LogP contribution in [0.2, 0.25) is 0 Å². The van der Waals surface area contributed by atoms with Crippen LogP contribution in [0, 0.1) is 0 Å². The molecule has 0 bridgehead atoms. The van der Waals surface area contributed by atoms with Crippen molar-refractivity contribution in [3.05, 3.63) is 36.2 Å². The third-order valence-corrected chi connectivity index (χ3v) is 1.22. The molecule has 0 saturated carbocycles. The van der Waals surface area contributed by atoms with Crippen molar-refractivity contribution in [1.82, 2.24) is 4.98 Å². The Hall–Kier alpha value is -0.860. The van der Waals surface area contributed by atoms with Gasteiger partial charge in [0, 0.05) is 12.4 Å². The standard InChI is InChI=1S/C8H6ClNO.ClH/c9-8(11)4-3-7-2-1-5-10-6-7;/h1-6H;1H. The van der Waals surface area contributed by atoms with Crippen molar-refractivity contribution in [2.75, 3.05) is 0 Å². The van der Waals surface area contributed by atoms with Crippen LogP contribution in [0.1, 0.15) is 5.56 Å². The smallest absolute Gasteiger partial charge is 0.245 e. The zero-order valence-electron chi connectivity index (χ0n) is 6.11. The molecule has 1 heterocycles.